The highest BCUT2D eigenvalue weighted by molar-refractivity contribution is 5.73. The maximum Gasteiger partial charge on any atom is 0.460 e. The van der Waals surface area contributed by atoms with Crippen molar-refractivity contribution in [2.24, 2.45) is 0 Å². The molecule has 32 heteroatoms. The minimum atomic E-state index is -8.26. The van der Waals surface area contributed by atoms with E-state index >= 15 is 0 Å². The number of halogens is 26. The van der Waals surface area contributed by atoms with Crippen LogP contribution in [0.4, 0.5) is 124 Å². The van der Waals surface area contributed by atoms with Gasteiger partial charge in [0, 0.05) is 0 Å². The Bertz CT molecular complexity index is 1120. The lowest BCUT2D eigenvalue weighted by atomic mass is 9.93. The molecule has 0 aliphatic carbocycles. The van der Waals surface area contributed by atoms with E-state index in [2.05, 4.69) is 9.47 Å². The largest absolute Gasteiger partial charge is 0.460 e. The number of carbonyl (C=O) groups is 2. The molecule has 0 saturated carbocycles. The first-order valence-corrected chi connectivity index (χ1v) is 11.3. The molecule has 0 aromatic carbocycles. The van der Waals surface area contributed by atoms with E-state index in [1.165, 1.54) is 0 Å². The number of hydrazine groups is 1. The van der Waals surface area contributed by atoms with Gasteiger partial charge >= 0.3 is 83.8 Å². The number of carbonyl (C=O) groups excluding carboxylic acids is 2. The Balaban J connectivity index is 5.35. The molecule has 2 N–H and O–H groups in total. The van der Waals surface area contributed by atoms with Crippen LogP contribution < -0.4 is 10.9 Å². The smallest absolute Gasteiger partial charge is 0.448 e. The Hall–Kier alpha value is -3.28. The molecule has 0 aromatic rings. The van der Waals surface area contributed by atoms with Crippen LogP contribution in [0.25, 0.3) is 0 Å². The molecular formula is C18H10F26N2O4. The van der Waals surface area contributed by atoms with E-state index in [1.807, 2.05) is 0 Å². The van der Waals surface area contributed by atoms with Crippen LogP contribution in [0.15, 0.2) is 0 Å². The summed E-state index contributed by atoms with van der Waals surface area (Å²) in [6, 6.07) is 0. The van der Waals surface area contributed by atoms with E-state index in [9.17, 15) is 124 Å². The third-order valence-corrected chi connectivity index (χ3v) is 5.56. The van der Waals surface area contributed by atoms with Crippen molar-refractivity contribution in [1.82, 2.24) is 10.9 Å². The SMILES string of the molecule is O=C(NNC(=O)OCCC(F)(F)C(F)(F)C(F)(F)C(F)(F)C(F)(F)C(F)(F)F)OCCC(F)(F)C(F)(F)C(F)(F)C(F)(F)C(F)(F)C(F)(F)F. The summed E-state index contributed by atoms with van der Waals surface area (Å²) < 4.78 is 344. The third kappa shape index (κ3) is 7.65. The Morgan fingerprint density at radius 2 is 0.540 bits per heavy atom. The Labute approximate surface area is 255 Å². The summed E-state index contributed by atoms with van der Waals surface area (Å²) in [6.45, 7) is -4.84. The summed E-state index contributed by atoms with van der Waals surface area (Å²) in [4.78, 5) is 22.3. The molecule has 298 valence electrons. The number of ether oxygens (including phenoxy) is 2. The fraction of sp³-hybridized carbons (Fsp3) is 0.889. The highest BCUT2D eigenvalue weighted by Gasteiger charge is 2.92. The fourth-order valence-corrected chi connectivity index (χ4v) is 2.64. The maximum absolute atomic E-state index is 13.6. The Morgan fingerprint density at radius 3 is 0.740 bits per heavy atom. The molecule has 0 spiro atoms. The Kier molecular flexibility index (Phi) is 12.5. The average molecular weight is 812 g/mol. The van der Waals surface area contributed by atoms with Crippen molar-refractivity contribution in [3.63, 3.8) is 0 Å². The van der Waals surface area contributed by atoms with E-state index < -0.39 is 110 Å². The van der Waals surface area contributed by atoms with E-state index in [4.69, 9.17) is 0 Å². The van der Waals surface area contributed by atoms with Gasteiger partial charge in [-0.05, 0) is 0 Å². The van der Waals surface area contributed by atoms with Gasteiger partial charge in [0.25, 0.3) is 0 Å². The van der Waals surface area contributed by atoms with Gasteiger partial charge < -0.3 is 9.47 Å². The molecule has 0 bridgehead atoms. The van der Waals surface area contributed by atoms with Crippen molar-refractivity contribution in [2.75, 3.05) is 13.2 Å². The predicted octanol–water partition coefficient (Wildman–Crippen LogP) is 8.61. The van der Waals surface area contributed by atoms with E-state index in [0.29, 0.717) is 10.9 Å². The van der Waals surface area contributed by atoms with Crippen LogP contribution in [-0.4, -0.2) is 97.0 Å². The van der Waals surface area contributed by atoms with Crippen molar-refractivity contribution in [1.29, 1.82) is 0 Å². The summed E-state index contributed by atoms with van der Waals surface area (Å²) >= 11 is 0. The summed E-state index contributed by atoms with van der Waals surface area (Å²) in [5.74, 6) is -78.1. The summed E-state index contributed by atoms with van der Waals surface area (Å²) in [6.07, 6.45) is -26.7. The number of rotatable bonds is 14. The molecule has 0 atom stereocenters. The number of nitrogens with one attached hydrogen (secondary N) is 2. The van der Waals surface area contributed by atoms with Gasteiger partial charge in [-0.3, -0.25) is 0 Å². The molecule has 0 aliphatic rings. The minimum absolute atomic E-state index is 0.696. The van der Waals surface area contributed by atoms with Crippen LogP contribution in [0.3, 0.4) is 0 Å². The molecule has 6 nitrogen and oxygen atoms in total. The zero-order valence-electron chi connectivity index (χ0n) is 22.3. The molecule has 0 fully saturated rings. The normalized spacial score (nSPS) is 15.5. The van der Waals surface area contributed by atoms with Crippen LogP contribution in [0.5, 0.6) is 0 Å². The van der Waals surface area contributed by atoms with E-state index in [-0.39, 0.29) is 0 Å². The molecule has 0 unspecified atom stereocenters. The van der Waals surface area contributed by atoms with Gasteiger partial charge in [0.15, 0.2) is 0 Å². The summed E-state index contributed by atoms with van der Waals surface area (Å²) in [5.41, 5.74) is 1.39. The minimum Gasteiger partial charge on any atom is -0.448 e. The van der Waals surface area contributed by atoms with Crippen molar-refractivity contribution >= 4 is 12.2 Å². The fourth-order valence-electron chi connectivity index (χ4n) is 2.64. The first-order valence-electron chi connectivity index (χ1n) is 11.3. The molecule has 0 aromatic heterocycles. The maximum atomic E-state index is 13.6. The lowest BCUT2D eigenvalue weighted by Gasteiger charge is -2.39. The van der Waals surface area contributed by atoms with Crippen LogP contribution in [-0.2, 0) is 9.47 Å². The zero-order valence-corrected chi connectivity index (χ0v) is 22.3. The predicted molar refractivity (Wildman–Crippen MR) is 99.8 cm³/mol. The first-order chi connectivity index (χ1) is 21.5. The monoisotopic (exact) mass is 812 g/mol. The van der Waals surface area contributed by atoms with Gasteiger partial charge in [0.2, 0.25) is 0 Å². The second kappa shape index (κ2) is 13.4. The van der Waals surface area contributed by atoms with Crippen molar-refractivity contribution < 1.29 is 133 Å². The molecule has 0 saturated heterocycles. The van der Waals surface area contributed by atoms with Gasteiger partial charge in [-0.15, -0.1) is 0 Å². The molecule has 2 amide bonds. The molecule has 0 radical (unpaired) electrons. The van der Waals surface area contributed by atoms with E-state index in [0.717, 1.165) is 0 Å². The van der Waals surface area contributed by atoms with Gasteiger partial charge in [0.1, 0.15) is 0 Å². The van der Waals surface area contributed by atoms with Gasteiger partial charge in [0.05, 0.1) is 26.1 Å². The third-order valence-electron chi connectivity index (χ3n) is 5.56. The van der Waals surface area contributed by atoms with Crippen LogP contribution >= 0.6 is 0 Å². The highest BCUT2D eigenvalue weighted by Crippen LogP contribution is 2.62. The summed E-state index contributed by atoms with van der Waals surface area (Å²) in [5, 5.41) is 0. The lowest BCUT2D eigenvalue weighted by Crippen LogP contribution is -2.70. The van der Waals surface area contributed by atoms with Crippen LogP contribution in [0.2, 0.25) is 0 Å². The number of amides is 2. The molecular weight excluding hydrogens is 802 g/mol. The van der Waals surface area contributed by atoms with Crippen molar-refractivity contribution in [3.05, 3.63) is 0 Å². The lowest BCUT2D eigenvalue weighted by molar-refractivity contribution is -0.440. The number of hydrogen-bond donors (Lipinski definition) is 2. The second-order valence-electron chi connectivity index (χ2n) is 9.02. The Morgan fingerprint density at radius 1 is 0.340 bits per heavy atom. The topological polar surface area (TPSA) is 76.7 Å². The van der Waals surface area contributed by atoms with Gasteiger partial charge in [-0.2, -0.15) is 114 Å². The van der Waals surface area contributed by atoms with Crippen LogP contribution in [0.1, 0.15) is 12.8 Å². The van der Waals surface area contributed by atoms with Gasteiger partial charge in [-0.25, -0.2) is 20.4 Å². The molecule has 0 aliphatic heterocycles. The highest BCUT2D eigenvalue weighted by atomic mass is 19.4. The standard InChI is InChI=1S/C18H10F26N2O4/c19-7(20,9(23,24)11(27,28)13(31,32)15(35,36)17(39,40)41)1-3-49-5(47)45-46-6(48)50-4-2-8(21,22)10(25,26)12(29,30)14(33,34)16(37,38)18(42,43)44/h1-4H2,(H,45,47)(H,46,48). The molecule has 0 heterocycles. The van der Waals surface area contributed by atoms with Gasteiger partial charge in [-0.1, -0.05) is 0 Å². The average Bonchev–Trinajstić information content (AvgIpc) is 2.89. The zero-order chi connectivity index (χ0) is 40.8. The quantitative estimate of drug-likeness (QED) is 0.136. The number of alkyl halides is 26. The van der Waals surface area contributed by atoms with Crippen LogP contribution in [0, 0.1) is 0 Å². The van der Waals surface area contributed by atoms with Crippen molar-refractivity contribution in [3.8, 4) is 0 Å². The van der Waals surface area contributed by atoms with E-state index in [1.54, 1.807) is 0 Å². The number of hydrogen-bond acceptors (Lipinski definition) is 4. The summed E-state index contributed by atoms with van der Waals surface area (Å²) in [7, 11) is 0. The second-order valence-corrected chi connectivity index (χ2v) is 9.02. The van der Waals surface area contributed by atoms with Crippen molar-refractivity contribution in [2.45, 2.75) is 84.4 Å². The first kappa shape index (κ1) is 46.7. The molecule has 50 heavy (non-hydrogen) atoms. The molecule has 0 rings (SSSR count).